The fraction of sp³-hybridized carbons (Fsp3) is 0.152. The molecule has 4 aliphatic rings. The minimum Gasteiger partial charge on any atom is -0.455 e. The molecule has 2 spiro atoms. The van der Waals surface area contributed by atoms with Gasteiger partial charge in [0.2, 0.25) is 0 Å². The molecule has 1 aliphatic heterocycles. The van der Waals surface area contributed by atoms with Gasteiger partial charge in [0.15, 0.2) is 0 Å². The predicted octanol–water partition coefficient (Wildman–Crippen LogP) is 17.1. The van der Waals surface area contributed by atoms with Crippen LogP contribution in [-0.2, 0) is 21.7 Å². The lowest BCUT2D eigenvalue weighted by Crippen LogP contribution is -2.32. The first kappa shape index (κ1) is 38.8. The van der Waals surface area contributed by atoms with Gasteiger partial charge in [0.1, 0.15) is 11.5 Å². The zero-order valence-electron chi connectivity index (χ0n) is 38.9. The fourth-order valence-corrected chi connectivity index (χ4v) is 13.0. The van der Waals surface area contributed by atoms with E-state index in [9.17, 15) is 0 Å². The van der Waals surface area contributed by atoms with Crippen LogP contribution in [0.5, 0.6) is 11.5 Å². The Hall–Kier alpha value is -7.48. The number of hydrogen-bond acceptors (Lipinski definition) is 1. The molecule has 14 rings (SSSR count). The fourth-order valence-electron chi connectivity index (χ4n) is 13.0. The maximum atomic E-state index is 7.30. The quantitative estimate of drug-likeness (QED) is 0.160. The van der Waals surface area contributed by atoms with E-state index in [0.717, 1.165) is 22.3 Å². The molecular formula is C66H50O. The van der Waals surface area contributed by atoms with Gasteiger partial charge in [0.05, 0.1) is 10.8 Å². The van der Waals surface area contributed by atoms with Gasteiger partial charge in [-0.05, 0) is 117 Å². The molecule has 1 heterocycles. The Kier molecular flexibility index (Phi) is 7.58. The molecule has 0 saturated heterocycles. The number of hydrogen-bond donors (Lipinski definition) is 0. The molecule has 0 radical (unpaired) electrons. The summed E-state index contributed by atoms with van der Waals surface area (Å²) in [6.07, 6.45) is 0. The molecule has 0 amide bonds. The molecule has 0 bridgehead atoms. The smallest absolute Gasteiger partial charge is 0.140 e. The van der Waals surface area contributed by atoms with Crippen molar-refractivity contribution in [3.8, 4) is 56.0 Å². The maximum absolute atomic E-state index is 7.30. The minimum absolute atomic E-state index is 0.0116. The zero-order valence-corrected chi connectivity index (χ0v) is 38.9. The molecule has 0 saturated carbocycles. The molecule has 10 aromatic rings. The highest BCUT2D eigenvalue weighted by Crippen LogP contribution is 2.67. The summed E-state index contributed by atoms with van der Waals surface area (Å²) in [7, 11) is 0. The first-order valence-corrected chi connectivity index (χ1v) is 24.0. The molecule has 1 nitrogen and oxygen atoms in total. The monoisotopic (exact) mass is 858 g/mol. The Morgan fingerprint density at radius 2 is 0.746 bits per heavy atom. The molecule has 0 unspecified atom stereocenters. The van der Waals surface area contributed by atoms with E-state index in [1.165, 1.54) is 111 Å². The van der Waals surface area contributed by atoms with Crippen LogP contribution in [0.15, 0.2) is 194 Å². The number of rotatable bonds is 1. The molecule has 0 N–H and O–H groups in total. The Morgan fingerprint density at radius 3 is 1.33 bits per heavy atom. The topological polar surface area (TPSA) is 9.23 Å². The Bertz CT molecular complexity index is 3660. The Morgan fingerprint density at radius 1 is 0.313 bits per heavy atom. The van der Waals surface area contributed by atoms with E-state index in [2.05, 4.69) is 236 Å². The van der Waals surface area contributed by atoms with Crippen LogP contribution in [0.3, 0.4) is 0 Å². The highest BCUT2D eigenvalue weighted by Gasteiger charge is 2.54. The molecule has 67 heavy (non-hydrogen) atoms. The summed E-state index contributed by atoms with van der Waals surface area (Å²) < 4.78 is 7.30. The van der Waals surface area contributed by atoms with Gasteiger partial charge in [-0.1, -0.05) is 230 Å². The Labute approximate surface area is 393 Å². The summed E-state index contributed by atoms with van der Waals surface area (Å²) in [5, 5.41) is 4.60. The molecular weight excluding hydrogens is 809 g/mol. The number of benzene rings is 10. The number of fused-ring (bicyclic) bond motifs is 23. The van der Waals surface area contributed by atoms with Crippen molar-refractivity contribution in [1.29, 1.82) is 0 Å². The average Bonchev–Trinajstić information content (AvgIpc) is 3.93. The SMILES string of the molecule is CC(C)(C)c1ccc2c(c1)C1(c3cc(C(C)(C)C)ccc3-2)c2ccccc2-c2c(-c3ccc4c(c3)C3(c5ccccc5-4)c4ccc5ccccc5c4Oc4c3ccc3ccccc43)cccc21. The summed E-state index contributed by atoms with van der Waals surface area (Å²) in [4.78, 5) is 0. The van der Waals surface area contributed by atoms with Crippen LogP contribution in [0.1, 0.15) is 97.2 Å². The van der Waals surface area contributed by atoms with Gasteiger partial charge in [-0.3, -0.25) is 0 Å². The van der Waals surface area contributed by atoms with E-state index in [1.807, 2.05) is 0 Å². The van der Waals surface area contributed by atoms with E-state index in [4.69, 9.17) is 4.74 Å². The van der Waals surface area contributed by atoms with Crippen LogP contribution >= 0.6 is 0 Å². The van der Waals surface area contributed by atoms with E-state index in [1.54, 1.807) is 0 Å². The van der Waals surface area contributed by atoms with Gasteiger partial charge in [0, 0.05) is 21.9 Å². The minimum atomic E-state index is -0.633. The third-order valence-corrected chi connectivity index (χ3v) is 16.1. The zero-order chi connectivity index (χ0) is 45.2. The van der Waals surface area contributed by atoms with Crippen molar-refractivity contribution in [2.45, 2.75) is 63.2 Å². The van der Waals surface area contributed by atoms with Crippen molar-refractivity contribution in [2.24, 2.45) is 0 Å². The van der Waals surface area contributed by atoms with E-state index in [0.29, 0.717) is 0 Å². The standard InChI is InChI=1S/C66H50O/c1-63(2,3)42-29-32-49-50-33-30-43(64(4,5)6)38-59(50)65(58(49)37-42)53-24-14-12-21-51(53)60-44(22-15-25-54(60)65)41-26-31-48-47-20-11-13-23-52(47)66(57(48)36-41)55-34-27-39-16-7-9-18-45(39)61(55)67-62-46-19-10-8-17-40(46)28-35-56(62)66/h7-38H,1-6H3. The van der Waals surface area contributed by atoms with Crippen molar-refractivity contribution >= 4 is 21.5 Å². The van der Waals surface area contributed by atoms with Crippen LogP contribution in [-0.4, -0.2) is 0 Å². The van der Waals surface area contributed by atoms with Gasteiger partial charge in [-0.2, -0.15) is 0 Å². The van der Waals surface area contributed by atoms with Gasteiger partial charge < -0.3 is 4.74 Å². The van der Waals surface area contributed by atoms with Crippen LogP contribution in [0.2, 0.25) is 0 Å². The second-order valence-electron chi connectivity index (χ2n) is 21.5. The summed E-state index contributed by atoms with van der Waals surface area (Å²) in [6, 6.07) is 74.3. The van der Waals surface area contributed by atoms with E-state index in [-0.39, 0.29) is 10.8 Å². The van der Waals surface area contributed by atoms with Crippen molar-refractivity contribution < 1.29 is 4.74 Å². The summed E-state index contributed by atoms with van der Waals surface area (Å²) in [6.45, 7) is 14.1. The molecule has 10 aromatic carbocycles. The predicted molar refractivity (Wildman–Crippen MR) is 278 cm³/mol. The van der Waals surface area contributed by atoms with Crippen molar-refractivity contribution in [2.75, 3.05) is 0 Å². The lowest BCUT2D eigenvalue weighted by Gasteiger charge is -2.40. The third kappa shape index (κ3) is 4.89. The van der Waals surface area contributed by atoms with E-state index >= 15 is 0 Å². The molecule has 0 fully saturated rings. The van der Waals surface area contributed by atoms with Crippen LogP contribution in [0.25, 0.3) is 66.1 Å². The summed E-state index contributed by atoms with van der Waals surface area (Å²) in [5.41, 5.74) is 22.4. The molecule has 1 heteroatoms. The van der Waals surface area contributed by atoms with Crippen LogP contribution in [0, 0.1) is 0 Å². The highest BCUT2D eigenvalue weighted by atomic mass is 16.5. The lowest BCUT2D eigenvalue weighted by molar-refractivity contribution is 0.447. The highest BCUT2D eigenvalue weighted by molar-refractivity contribution is 6.03. The van der Waals surface area contributed by atoms with Crippen molar-refractivity contribution in [1.82, 2.24) is 0 Å². The molecule has 3 aliphatic carbocycles. The summed E-state index contributed by atoms with van der Waals surface area (Å²) >= 11 is 0. The largest absolute Gasteiger partial charge is 0.455 e. The van der Waals surface area contributed by atoms with Gasteiger partial charge in [0.25, 0.3) is 0 Å². The molecule has 0 aromatic heterocycles. The van der Waals surface area contributed by atoms with Gasteiger partial charge >= 0.3 is 0 Å². The lowest BCUT2D eigenvalue weighted by atomic mass is 9.65. The van der Waals surface area contributed by atoms with Crippen molar-refractivity contribution in [3.63, 3.8) is 0 Å². The van der Waals surface area contributed by atoms with Gasteiger partial charge in [-0.25, -0.2) is 0 Å². The molecule has 320 valence electrons. The van der Waals surface area contributed by atoms with Crippen LogP contribution < -0.4 is 4.74 Å². The van der Waals surface area contributed by atoms with Crippen LogP contribution in [0.4, 0.5) is 0 Å². The number of ether oxygens (including phenoxy) is 1. The Balaban J connectivity index is 1.08. The third-order valence-electron chi connectivity index (χ3n) is 16.1. The normalized spacial score (nSPS) is 15.1. The maximum Gasteiger partial charge on any atom is 0.140 e. The second-order valence-corrected chi connectivity index (χ2v) is 21.5. The second kappa shape index (κ2) is 13.1. The van der Waals surface area contributed by atoms with E-state index < -0.39 is 10.8 Å². The molecule has 0 atom stereocenters. The first-order chi connectivity index (χ1) is 32.5. The average molecular weight is 859 g/mol. The summed E-state index contributed by atoms with van der Waals surface area (Å²) in [5.74, 6) is 1.88. The first-order valence-electron chi connectivity index (χ1n) is 24.0. The van der Waals surface area contributed by atoms with Crippen molar-refractivity contribution in [3.05, 3.63) is 250 Å². The van der Waals surface area contributed by atoms with Gasteiger partial charge in [-0.15, -0.1) is 0 Å².